The molecule has 1 saturated heterocycles. The van der Waals surface area contributed by atoms with Gasteiger partial charge in [0.25, 0.3) is 0 Å². The lowest BCUT2D eigenvalue weighted by atomic mass is 9.99. The summed E-state index contributed by atoms with van der Waals surface area (Å²) in [5, 5.41) is 5.84. The van der Waals surface area contributed by atoms with Gasteiger partial charge in [0.2, 0.25) is 0 Å². The number of rotatable bonds is 3. The summed E-state index contributed by atoms with van der Waals surface area (Å²) in [5.74, 6) is 0. The maximum Gasteiger partial charge on any atom is 0.0334 e. The van der Waals surface area contributed by atoms with Gasteiger partial charge in [-0.15, -0.1) is 11.3 Å². The van der Waals surface area contributed by atoms with Crippen molar-refractivity contribution in [1.29, 1.82) is 0 Å². The molecular weight excluding hydrogens is 228 g/mol. The molecule has 1 atom stereocenters. The van der Waals surface area contributed by atoms with E-state index < -0.39 is 0 Å². The van der Waals surface area contributed by atoms with E-state index in [1.807, 2.05) is 11.3 Å². The molecule has 1 N–H and O–H groups in total. The van der Waals surface area contributed by atoms with Crippen molar-refractivity contribution in [3.05, 3.63) is 21.9 Å². The Morgan fingerprint density at radius 3 is 3.00 bits per heavy atom. The zero-order chi connectivity index (χ0) is 12.5. The Labute approximate surface area is 109 Å². The molecule has 0 saturated carbocycles. The normalized spacial score (nSPS) is 25.1. The van der Waals surface area contributed by atoms with Gasteiger partial charge in [-0.1, -0.05) is 6.92 Å². The van der Waals surface area contributed by atoms with E-state index in [0.717, 1.165) is 26.1 Å². The third kappa shape index (κ3) is 3.09. The molecule has 1 fully saturated rings. The summed E-state index contributed by atoms with van der Waals surface area (Å²) in [5.41, 5.74) is 1.77. The molecule has 0 amide bonds. The molecule has 0 aliphatic carbocycles. The number of nitrogens with one attached hydrogen (secondary N) is 1. The SMILES string of the molecule is CCc1ccsc1CN1CC(C)(C)NCC1C. The minimum atomic E-state index is 0.246. The van der Waals surface area contributed by atoms with Crippen molar-refractivity contribution in [3.63, 3.8) is 0 Å². The van der Waals surface area contributed by atoms with E-state index >= 15 is 0 Å². The molecule has 96 valence electrons. The topological polar surface area (TPSA) is 15.3 Å². The van der Waals surface area contributed by atoms with E-state index in [2.05, 4.69) is 49.4 Å². The Hall–Kier alpha value is -0.380. The predicted molar refractivity (Wildman–Crippen MR) is 75.7 cm³/mol. The molecule has 0 radical (unpaired) electrons. The van der Waals surface area contributed by atoms with Crippen LogP contribution in [0.4, 0.5) is 0 Å². The summed E-state index contributed by atoms with van der Waals surface area (Å²) in [7, 11) is 0. The minimum Gasteiger partial charge on any atom is -0.309 e. The van der Waals surface area contributed by atoms with Crippen LogP contribution in [0.2, 0.25) is 0 Å². The molecule has 0 aromatic carbocycles. The van der Waals surface area contributed by atoms with Gasteiger partial charge in [0.05, 0.1) is 0 Å². The highest BCUT2D eigenvalue weighted by molar-refractivity contribution is 7.10. The average Bonchev–Trinajstić information content (AvgIpc) is 2.70. The molecule has 2 heterocycles. The molecule has 1 aromatic rings. The summed E-state index contributed by atoms with van der Waals surface area (Å²) in [6.45, 7) is 12.5. The van der Waals surface area contributed by atoms with Gasteiger partial charge in [-0.3, -0.25) is 4.90 Å². The van der Waals surface area contributed by atoms with Gasteiger partial charge in [0, 0.05) is 36.1 Å². The molecule has 2 nitrogen and oxygen atoms in total. The first-order valence-corrected chi connectivity index (χ1v) is 7.44. The van der Waals surface area contributed by atoms with Crippen LogP contribution in [0.3, 0.4) is 0 Å². The smallest absolute Gasteiger partial charge is 0.0334 e. The van der Waals surface area contributed by atoms with Crippen LogP contribution < -0.4 is 5.32 Å². The van der Waals surface area contributed by atoms with E-state index in [0.29, 0.717) is 6.04 Å². The van der Waals surface area contributed by atoms with Crippen LogP contribution in [0.25, 0.3) is 0 Å². The molecule has 1 aliphatic rings. The quantitative estimate of drug-likeness (QED) is 0.890. The fourth-order valence-electron chi connectivity index (χ4n) is 2.49. The van der Waals surface area contributed by atoms with E-state index in [9.17, 15) is 0 Å². The first-order valence-electron chi connectivity index (χ1n) is 6.56. The van der Waals surface area contributed by atoms with Crippen molar-refractivity contribution >= 4 is 11.3 Å². The van der Waals surface area contributed by atoms with E-state index in [1.165, 1.54) is 5.56 Å². The summed E-state index contributed by atoms with van der Waals surface area (Å²) < 4.78 is 0. The highest BCUT2D eigenvalue weighted by atomic mass is 32.1. The molecule has 2 rings (SSSR count). The van der Waals surface area contributed by atoms with Gasteiger partial charge >= 0.3 is 0 Å². The average molecular weight is 252 g/mol. The molecular formula is C14H24N2S. The zero-order valence-corrected chi connectivity index (χ0v) is 12.2. The zero-order valence-electron chi connectivity index (χ0n) is 11.4. The van der Waals surface area contributed by atoms with Crippen LogP contribution in [0, 0.1) is 0 Å². The van der Waals surface area contributed by atoms with Crippen LogP contribution >= 0.6 is 11.3 Å². The third-order valence-electron chi connectivity index (χ3n) is 3.66. The highest BCUT2D eigenvalue weighted by Crippen LogP contribution is 2.23. The van der Waals surface area contributed by atoms with Crippen molar-refractivity contribution in [3.8, 4) is 0 Å². The van der Waals surface area contributed by atoms with Crippen LogP contribution in [-0.4, -0.2) is 29.6 Å². The summed E-state index contributed by atoms with van der Waals surface area (Å²) in [4.78, 5) is 4.17. The Kier molecular flexibility index (Phi) is 3.91. The second-order valence-corrected chi connectivity index (χ2v) is 6.74. The lowest BCUT2D eigenvalue weighted by molar-refractivity contribution is 0.0985. The Bertz CT molecular complexity index is 370. The molecule has 1 unspecified atom stereocenters. The Balaban J connectivity index is 2.06. The van der Waals surface area contributed by atoms with Gasteiger partial charge in [-0.25, -0.2) is 0 Å². The number of piperazine rings is 1. The molecule has 1 aromatic heterocycles. The molecule has 0 spiro atoms. The maximum atomic E-state index is 3.61. The predicted octanol–water partition coefficient (Wildman–Crippen LogP) is 2.88. The monoisotopic (exact) mass is 252 g/mol. The van der Waals surface area contributed by atoms with Crippen LogP contribution in [0.1, 0.15) is 38.1 Å². The van der Waals surface area contributed by atoms with Gasteiger partial charge in [-0.2, -0.15) is 0 Å². The van der Waals surface area contributed by atoms with Crippen molar-refractivity contribution in [2.45, 2.75) is 52.2 Å². The van der Waals surface area contributed by atoms with Crippen molar-refractivity contribution in [2.75, 3.05) is 13.1 Å². The first kappa shape index (κ1) is 13.1. The second-order valence-electron chi connectivity index (χ2n) is 5.74. The van der Waals surface area contributed by atoms with Crippen molar-refractivity contribution < 1.29 is 0 Å². The van der Waals surface area contributed by atoms with Gasteiger partial charge in [-0.05, 0) is 44.2 Å². The van der Waals surface area contributed by atoms with Crippen molar-refractivity contribution in [1.82, 2.24) is 10.2 Å². The fraction of sp³-hybridized carbons (Fsp3) is 0.714. The van der Waals surface area contributed by atoms with Gasteiger partial charge in [0.15, 0.2) is 0 Å². The lowest BCUT2D eigenvalue weighted by Crippen LogP contribution is -2.60. The largest absolute Gasteiger partial charge is 0.309 e. The van der Waals surface area contributed by atoms with E-state index in [1.54, 1.807) is 4.88 Å². The second kappa shape index (κ2) is 5.09. The molecule has 1 aliphatic heterocycles. The molecule has 17 heavy (non-hydrogen) atoms. The Morgan fingerprint density at radius 1 is 1.53 bits per heavy atom. The van der Waals surface area contributed by atoms with Crippen LogP contribution in [0.15, 0.2) is 11.4 Å². The fourth-order valence-corrected chi connectivity index (χ4v) is 3.49. The van der Waals surface area contributed by atoms with Crippen molar-refractivity contribution in [2.24, 2.45) is 0 Å². The number of hydrogen-bond donors (Lipinski definition) is 1. The summed E-state index contributed by atoms with van der Waals surface area (Å²) >= 11 is 1.91. The van der Waals surface area contributed by atoms with Gasteiger partial charge in [0.1, 0.15) is 0 Å². The lowest BCUT2D eigenvalue weighted by Gasteiger charge is -2.43. The van der Waals surface area contributed by atoms with E-state index in [-0.39, 0.29) is 5.54 Å². The molecule has 0 bridgehead atoms. The number of nitrogens with zero attached hydrogens (tertiary/aromatic N) is 1. The van der Waals surface area contributed by atoms with Gasteiger partial charge < -0.3 is 5.32 Å². The number of thiophene rings is 1. The number of hydrogen-bond acceptors (Lipinski definition) is 3. The summed E-state index contributed by atoms with van der Waals surface area (Å²) in [6, 6.07) is 2.91. The molecule has 3 heteroatoms. The minimum absolute atomic E-state index is 0.246. The van der Waals surface area contributed by atoms with E-state index in [4.69, 9.17) is 0 Å². The number of aryl methyl sites for hydroxylation is 1. The standard InChI is InChI=1S/C14H24N2S/c1-5-12-6-7-17-13(12)9-16-10-14(3,4)15-8-11(16)2/h6-7,11,15H,5,8-10H2,1-4H3. The first-order chi connectivity index (χ1) is 8.02. The van der Waals surface area contributed by atoms with Crippen LogP contribution in [-0.2, 0) is 13.0 Å². The van der Waals surface area contributed by atoms with Crippen LogP contribution in [0.5, 0.6) is 0 Å². The third-order valence-corrected chi connectivity index (χ3v) is 4.61. The Morgan fingerprint density at radius 2 is 2.29 bits per heavy atom. The highest BCUT2D eigenvalue weighted by Gasteiger charge is 2.30. The maximum absolute atomic E-state index is 3.61. The summed E-state index contributed by atoms with van der Waals surface area (Å²) in [6.07, 6.45) is 1.16.